The number of benzene rings is 2. The van der Waals surface area contributed by atoms with Crippen LogP contribution in [0.2, 0.25) is 5.02 Å². The Labute approximate surface area is 187 Å². The predicted molar refractivity (Wildman–Crippen MR) is 121 cm³/mol. The maximum atomic E-state index is 12.5. The molecule has 1 amide bonds. The van der Waals surface area contributed by atoms with Crippen LogP contribution < -0.4 is 5.32 Å². The number of ether oxygens (including phenoxy) is 1. The molecule has 6 nitrogen and oxygen atoms in total. The van der Waals surface area contributed by atoms with Crippen LogP contribution in [0.25, 0.3) is 5.69 Å². The third-order valence-corrected chi connectivity index (χ3v) is 5.64. The van der Waals surface area contributed by atoms with Crippen molar-refractivity contribution in [3.63, 3.8) is 0 Å². The first kappa shape index (κ1) is 21.6. The van der Waals surface area contributed by atoms with Gasteiger partial charge >= 0.3 is 0 Å². The molecule has 1 saturated heterocycles. The quantitative estimate of drug-likeness (QED) is 0.630. The van der Waals surface area contributed by atoms with Gasteiger partial charge in [-0.2, -0.15) is 5.10 Å². The van der Waals surface area contributed by atoms with E-state index < -0.39 is 0 Å². The zero-order valence-electron chi connectivity index (χ0n) is 17.8. The van der Waals surface area contributed by atoms with Crippen LogP contribution in [0.4, 0.5) is 0 Å². The van der Waals surface area contributed by atoms with E-state index in [1.54, 1.807) is 23.1 Å². The molecular weight excluding hydrogens is 412 g/mol. The summed E-state index contributed by atoms with van der Waals surface area (Å²) < 4.78 is 7.41. The third-order valence-electron chi connectivity index (χ3n) is 5.32. The number of morpholine rings is 1. The van der Waals surface area contributed by atoms with Gasteiger partial charge in [0.05, 0.1) is 34.7 Å². The number of nitrogens with zero attached hydrogens (tertiary/aromatic N) is 3. The minimum absolute atomic E-state index is 0.168. The van der Waals surface area contributed by atoms with E-state index in [0.29, 0.717) is 17.1 Å². The van der Waals surface area contributed by atoms with Gasteiger partial charge < -0.3 is 10.1 Å². The molecule has 4 rings (SSSR count). The average Bonchev–Trinajstić information content (AvgIpc) is 3.23. The second kappa shape index (κ2) is 9.64. The van der Waals surface area contributed by atoms with Crippen molar-refractivity contribution < 1.29 is 9.53 Å². The molecule has 2 unspecified atom stereocenters. The van der Waals surface area contributed by atoms with E-state index in [0.717, 1.165) is 30.9 Å². The van der Waals surface area contributed by atoms with Crippen molar-refractivity contribution in [3.8, 4) is 5.69 Å². The van der Waals surface area contributed by atoms with Crippen molar-refractivity contribution in [2.24, 2.45) is 0 Å². The lowest BCUT2D eigenvalue weighted by atomic mass is 10.1. The van der Waals surface area contributed by atoms with Gasteiger partial charge in [0.2, 0.25) is 0 Å². The van der Waals surface area contributed by atoms with E-state index >= 15 is 0 Å². The molecule has 0 spiro atoms. The van der Waals surface area contributed by atoms with Crippen LogP contribution in [-0.2, 0) is 17.8 Å². The van der Waals surface area contributed by atoms with Crippen molar-refractivity contribution in [1.82, 2.24) is 20.0 Å². The van der Waals surface area contributed by atoms with E-state index in [1.807, 2.05) is 18.2 Å². The van der Waals surface area contributed by atoms with Crippen molar-refractivity contribution in [3.05, 3.63) is 82.6 Å². The number of rotatable bonds is 6. The molecule has 0 aliphatic carbocycles. The molecule has 0 saturated carbocycles. The van der Waals surface area contributed by atoms with Crippen LogP contribution in [0.5, 0.6) is 0 Å². The number of aromatic nitrogens is 2. The molecule has 1 aliphatic heterocycles. The Hall–Kier alpha value is -2.67. The summed E-state index contributed by atoms with van der Waals surface area (Å²) in [6.45, 7) is 7.50. The van der Waals surface area contributed by atoms with E-state index in [-0.39, 0.29) is 18.1 Å². The minimum Gasteiger partial charge on any atom is -0.373 e. The van der Waals surface area contributed by atoms with Gasteiger partial charge in [-0.05, 0) is 37.1 Å². The topological polar surface area (TPSA) is 59.4 Å². The van der Waals surface area contributed by atoms with E-state index in [4.69, 9.17) is 16.3 Å². The molecule has 0 radical (unpaired) electrons. The highest BCUT2D eigenvalue weighted by Gasteiger charge is 2.22. The fourth-order valence-corrected chi connectivity index (χ4v) is 4.15. The minimum atomic E-state index is -0.168. The normalized spacial score (nSPS) is 19.3. The molecule has 1 aliphatic rings. The lowest BCUT2D eigenvalue weighted by molar-refractivity contribution is -0.0704. The van der Waals surface area contributed by atoms with Crippen molar-refractivity contribution in [2.45, 2.75) is 39.1 Å². The highest BCUT2D eigenvalue weighted by molar-refractivity contribution is 6.32. The molecule has 3 aromatic rings. The van der Waals surface area contributed by atoms with Crippen LogP contribution in [0.3, 0.4) is 0 Å². The van der Waals surface area contributed by atoms with Gasteiger partial charge in [-0.15, -0.1) is 0 Å². The van der Waals surface area contributed by atoms with E-state index in [2.05, 4.69) is 53.4 Å². The number of nitrogens with one attached hydrogen (secondary N) is 1. The Kier molecular flexibility index (Phi) is 6.70. The lowest BCUT2D eigenvalue weighted by Crippen LogP contribution is -2.44. The number of carbonyl (C=O) groups is 1. The highest BCUT2D eigenvalue weighted by atomic mass is 35.5. The monoisotopic (exact) mass is 438 g/mol. The van der Waals surface area contributed by atoms with Gasteiger partial charge in [0, 0.05) is 32.4 Å². The molecule has 7 heteroatoms. The van der Waals surface area contributed by atoms with Gasteiger partial charge in [0.1, 0.15) is 0 Å². The zero-order chi connectivity index (χ0) is 21.8. The van der Waals surface area contributed by atoms with Gasteiger partial charge in [-0.25, -0.2) is 4.68 Å². The molecular formula is C24H27ClN4O2. The van der Waals surface area contributed by atoms with Gasteiger partial charge in [-0.1, -0.05) is 48.0 Å². The van der Waals surface area contributed by atoms with Crippen LogP contribution in [0.1, 0.15) is 35.3 Å². The molecule has 0 bridgehead atoms. The van der Waals surface area contributed by atoms with E-state index in [9.17, 15) is 4.79 Å². The smallest absolute Gasteiger partial charge is 0.254 e. The Bertz CT molecular complexity index is 1020. The summed E-state index contributed by atoms with van der Waals surface area (Å²) in [7, 11) is 0. The number of amides is 1. The molecule has 1 N–H and O–H groups in total. The molecule has 31 heavy (non-hydrogen) atoms. The number of halogens is 1. The molecule has 1 aromatic heterocycles. The maximum absolute atomic E-state index is 12.5. The van der Waals surface area contributed by atoms with Crippen molar-refractivity contribution in [2.75, 3.05) is 13.1 Å². The second-order valence-electron chi connectivity index (χ2n) is 8.08. The van der Waals surface area contributed by atoms with Gasteiger partial charge in [0.25, 0.3) is 5.91 Å². The predicted octanol–water partition coefficient (Wildman–Crippen LogP) is 4.06. The van der Waals surface area contributed by atoms with Crippen molar-refractivity contribution >= 4 is 17.5 Å². The number of hydrogen-bond acceptors (Lipinski definition) is 4. The first-order chi connectivity index (χ1) is 15.0. The first-order valence-electron chi connectivity index (χ1n) is 10.5. The summed E-state index contributed by atoms with van der Waals surface area (Å²) in [5.74, 6) is -0.168. The maximum Gasteiger partial charge on any atom is 0.254 e. The summed E-state index contributed by atoms with van der Waals surface area (Å²) in [5, 5.41) is 7.80. The lowest BCUT2D eigenvalue weighted by Gasteiger charge is -2.35. The summed E-state index contributed by atoms with van der Waals surface area (Å²) in [6, 6.07) is 15.8. The standard InChI is InChI=1S/C24H27ClN4O2/c1-17-13-28(14-18(2)31-17)15-20-9-7-19(8-10-20)11-26-24(30)21-12-27-29(16-21)23-6-4-3-5-22(23)25/h3-10,12,16-18H,11,13-15H2,1-2H3,(H,26,30). The molecule has 2 aromatic carbocycles. The van der Waals surface area contributed by atoms with Crippen molar-refractivity contribution in [1.29, 1.82) is 0 Å². The summed E-state index contributed by atoms with van der Waals surface area (Å²) in [5.41, 5.74) is 3.55. The fraction of sp³-hybridized carbons (Fsp3) is 0.333. The number of hydrogen-bond donors (Lipinski definition) is 1. The van der Waals surface area contributed by atoms with Crippen LogP contribution in [0, 0.1) is 0 Å². The molecule has 2 atom stereocenters. The third kappa shape index (κ3) is 5.53. The molecule has 2 heterocycles. The Morgan fingerprint density at radius 2 is 1.77 bits per heavy atom. The molecule has 162 valence electrons. The van der Waals surface area contributed by atoms with Gasteiger partial charge in [0.15, 0.2) is 0 Å². The van der Waals surface area contributed by atoms with Crippen LogP contribution in [0.15, 0.2) is 60.9 Å². The zero-order valence-corrected chi connectivity index (χ0v) is 18.5. The van der Waals surface area contributed by atoms with Crippen LogP contribution in [-0.4, -0.2) is 45.9 Å². The summed E-state index contributed by atoms with van der Waals surface area (Å²) in [6.07, 6.45) is 3.76. The highest BCUT2D eigenvalue weighted by Crippen LogP contribution is 2.19. The van der Waals surface area contributed by atoms with E-state index in [1.165, 1.54) is 5.56 Å². The number of carbonyl (C=O) groups excluding carboxylic acids is 1. The molecule has 1 fully saturated rings. The van der Waals surface area contributed by atoms with Gasteiger partial charge in [-0.3, -0.25) is 9.69 Å². The number of para-hydroxylation sites is 1. The average molecular weight is 439 g/mol. The van der Waals surface area contributed by atoms with Crippen LogP contribution >= 0.6 is 11.6 Å². The SMILES string of the molecule is CC1CN(Cc2ccc(CNC(=O)c3cnn(-c4ccccc4Cl)c3)cc2)CC(C)O1. The first-order valence-corrected chi connectivity index (χ1v) is 10.9. The Morgan fingerprint density at radius 3 is 2.48 bits per heavy atom. The largest absolute Gasteiger partial charge is 0.373 e. The fourth-order valence-electron chi connectivity index (χ4n) is 3.93. The summed E-state index contributed by atoms with van der Waals surface area (Å²) in [4.78, 5) is 14.9. The Morgan fingerprint density at radius 1 is 1.10 bits per heavy atom. The second-order valence-corrected chi connectivity index (χ2v) is 8.48. The summed E-state index contributed by atoms with van der Waals surface area (Å²) >= 11 is 6.21. The Balaban J connectivity index is 1.31.